The zero-order chi connectivity index (χ0) is 14.2. The second-order valence-corrected chi connectivity index (χ2v) is 4.84. The number of carbonyl (C=O) groups excluding carboxylic acids is 1. The minimum Gasteiger partial charge on any atom is -0.361 e. The van der Waals surface area contributed by atoms with E-state index >= 15 is 0 Å². The average molecular weight is 276 g/mol. The van der Waals surface area contributed by atoms with Crippen LogP contribution in [0.1, 0.15) is 10.4 Å². The van der Waals surface area contributed by atoms with Crippen LogP contribution in [0.5, 0.6) is 0 Å². The fraction of sp³-hybridized carbons (Fsp3) is 0. The number of nitrogens with zero attached hydrogens (tertiary/aromatic N) is 2. The molecule has 0 saturated carbocycles. The van der Waals surface area contributed by atoms with E-state index < -0.39 is 0 Å². The first kappa shape index (κ1) is 11.7. The van der Waals surface area contributed by atoms with Crippen LogP contribution in [0.4, 0.5) is 5.69 Å². The molecule has 0 unspecified atom stereocenters. The van der Waals surface area contributed by atoms with Crippen molar-refractivity contribution in [2.24, 2.45) is 0 Å². The first-order valence-corrected chi connectivity index (χ1v) is 6.60. The van der Waals surface area contributed by atoms with E-state index in [9.17, 15) is 4.79 Å². The van der Waals surface area contributed by atoms with Crippen LogP contribution in [-0.2, 0) is 0 Å². The summed E-state index contributed by atoms with van der Waals surface area (Å²) in [5, 5.41) is 3.95. The number of fused-ring (bicyclic) bond motifs is 2. The number of aromatic amines is 1. The first-order chi connectivity index (χ1) is 10.3. The third-order valence-corrected chi connectivity index (χ3v) is 3.52. The fourth-order valence-corrected chi connectivity index (χ4v) is 2.45. The molecule has 0 aliphatic heterocycles. The normalized spacial score (nSPS) is 11.0. The van der Waals surface area contributed by atoms with Crippen LogP contribution in [0, 0.1) is 0 Å². The zero-order valence-corrected chi connectivity index (χ0v) is 11.1. The van der Waals surface area contributed by atoms with E-state index in [2.05, 4.69) is 15.3 Å². The number of anilines is 1. The van der Waals surface area contributed by atoms with Crippen molar-refractivity contribution < 1.29 is 4.79 Å². The molecular formula is C16H12N4O. The second-order valence-electron chi connectivity index (χ2n) is 4.84. The smallest absolute Gasteiger partial charge is 0.255 e. The average Bonchev–Trinajstić information content (AvgIpc) is 3.15. The Hall–Kier alpha value is -3.08. The predicted octanol–water partition coefficient (Wildman–Crippen LogP) is 3.07. The lowest BCUT2D eigenvalue weighted by atomic mass is 10.2. The number of nitrogens with one attached hydrogen (secondary N) is 2. The molecular weight excluding hydrogens is 264 g/mol. The molecule has 0 atom stereocenters. The van der Waals surface area contributed by atoms with Crippen LogP contribution in [0.15, 0.2) is 61.3 Å². The summed E-state index contributed by atoms with van der Waals surface area (Å²) in [4.78, 5) is 19.6. The third-order valence-electron chi connectivity index (χ3n) is 3.52. The van der Waals surface area contributed by atoms with Gasteiger partial charge in [-0.3, -0.25) is 4.79 Å². The van der Waals surface area contributed by atoms with E-state index in [0.717, 1.165) is 22.1 Å². The Morgan fingerprint density at radius 1 is 1.24 bits per heavy atom. The Morgan fingerprint density at radius 3 is 3.14 bits per heavy atom. The van der Waals surface area contributed by atoms with Gasteiger partial charge in [-0.1, -0.05) is 6.07 Å². The number of benzene rings is 1. The standard InChI is InChI=1S/C16H12N4O/c21-16(11-5-7-20-10-17-9-12(20)8-11)19-15-3-1-2-14-13(15)4-6-18-14/h1-10,18H,(H,19,21). The molecule has 3 heterocycles. The summed E-state index contributed by atoms with van der Waals surface area (Å²) < 4.78 is 1.86. The van der Waals surface area contributed by atoms with Gasteiger partial charge in [0.05, 0.1) is 23.7 Å². The van der Waals surface area contributed by atoms with Gasteiger partial charge < -0.3 is 14.7 Å². The number of hydrogen-bond donors (Lipinski definition) is 2. The van der Waals surface area contributed by atoms with Crippen LogP contribution in [0.3, 0.4) is 0 Å². The van der Waals surface area contributed by atoms with Crippen molar-refractivity contribution in [2.75, 3.05) is 5.32 Å². The highest BCUT2D eigenvalue weighted by molar-refractivity contribution is 6.09. The molecule has 1 amide bonds. The van der Waals surface area contributed by atoms with E-state index in [1.54, 1.807) is 18.6 Å². The van der Waals surface area contributed by atoms with Crippen molar-refractivity contribution >= 4 is 28.0 Å². The number of H-pyrrole nitrogens is 1. The summed E-state index contributed by atoms with van der Waals surface area (Å²) in [5.41, 5.74) is 3.30. The molecule has 21 heavy (non-hydrogen) atoms. The van der Waals surface area contributed by atoms with Gasteiger partial charge in [-0.15, -0.1) is 0 Å². The SMILES string of the molecule is O=C(Nc1cccc2[nH]ccc12)c1ccn2cncc2c1. The Bertz CT molecular complexity index is 951. The number of pyridine rings is 1. The number of imidazole rings is 1. The van der Waals surface area contributed by atoms with Crippen LogP contribution < -0.4 is 5.32 Å². The number of amides is 1. The summed E-state index contributed by atoms with van der Waals surface area (Å²) in [6, 6.07) is 11.3. The summed E-state index contributed by atoms with van der Waals surface area (Å²) >= 11 is 0. The van der Waals surface area contributed by atoms with Gasteiger partial charge in [-0.25, -0.2) is 4.98 Å². The van der Waals surface area contributed by atoms with E-state index in [4.69, 9.17) is 0 Å². The van der Waals surface area contributed by atoms with Crippen LogP contribution in [-0.4, -0.2) is 20.3 Å². The van der Waals surface area contributed by atoms with E-state index in [1.165, 1.54) is 0 Å². The fourth-order valence-electron chi connectivity index (χ4n) is 2.45. The summed E-state index contributed by atoms with van der Waals surface area (Å²) in [6.07, 6.45) is 7.12. The van der Waals surface area contributed by atoms with Gasteiger partial charge in [-0.2, -0.15) is 0 Å². The highest BCUT2D eigenvalue weighted by Crippen LogP contribution is 2.22. The Kier molecular flexibility index (Phi) is 2.50. The summed E-state index contributed by atoms with van der Waals surface area (Å²) in [7, 11) is 0. The van der Waals surface area contributed by atoms with Gasteiger partial charge >= 0.3 is 0 Å². The number of aromatic nitrogens is 3. The third kappa shape index (κ3) is 1.95. The van der Waals surface area contributed by atoms with Gasteiger partial charge in [0.25, 0.3) is 5.91 Å². The Balaban J connectivity index is 1.70. The summed E-state index contributed by atoms with van der Waals surface area (Å²) in [5.74, 6) is -0.132. The maximum atomic E-state index is 12.4. The quantitative estimate of drug-likeness (QED) is 0.591. The first-order valence-electron chi connectivity index (χ1n) is 6.60. The number of carbonyl (C=O) groups is 1. The highest BCUT2D eigenvalue weighted by atomic mass is 16.1. The van der Waals surface area contributed by atoms with E-state index in [1.807, 2.05) is 47.1 Å². The monoisotopic (exact) mass is 276 g/mol. The zero-order valence-electron chi connectivity index (χ0n) is 11.1. The molecule has 4 rings (SSSR count). The van der Waals surface area contributed by atoms with Crippen molar-refractivity contribution in [3.05, 3.63) is 66.9 Å². The molecule has 0 bridgehead atoms. The molecule has 2 N–H and O–H groups in total. The van der Waals surface area contributed by atoms with Crippen molar-refractivity contribution in [1.82, 2.24) is 14.4 Å². The topological polar surface area (TPSA) is 62.2 Å². The van der Waals surface area contributed by atoms with E-state index in [-0.39, 0.29) is 5.91 Å². The lowest BCUT2D eigenvalue weighted by Gasteiger charge is -2.07. The van der Waals surface area contributed by atoms with Gasteiger partial charge in [-0.05, 0) is 30.3 Å². The molecule has 0 spiro atoms. The molecule has 3 aromatic heterocycles. The van der Waals surface area contributed by atoms with Gasteiger partial charge in [0, 0.05) is 28.9 Å². The number of hydrogen-bond acceptors (Lipinski definition) is 2. The molecule has 102 valence electrons. The molecule has 5 heteroatoms. The van der Waals surface area contributed by atoms with Crippen LogP contribution in [0.2, 0.25) is 0 Å². The van der Waals surface area contributed by atoms with Gasteiger partial charge in [0.2, 0.25) is 0 Å². The largest absolute Gasteiger partial charge is 0.361 e. The predicted molar refractivity (Wildman–Crippen MR) is 81.4 cm³/mol. The minimum atomic E-state index is -0.132. The van der Waals surface area contributed by atoms with Crippen molar-refractivity contribution in [3.8, 4) is 0 Å². The molecule has 1 aromatic carbocycles. The molecule has 0 saturated heterocycles. The van der Waals surface area contributed by atoms with Crippen LogP contribution in [0.25, 0.3) is 16.4 Å². The molecule has 0 aliphatic rings. The van der Waals surface area contributed by atoms with Crippen molar-refractivity contribution in [3.63, 3.8) is 0 Å². The molecule has 0 fully saturated rings. The van der Waals surface area contributed by atoms with Crippen molar-refractivity contribution in [1.29, 1.82) is 0 Å². The molecule has 0 aliphatic carbocycles. The molecule has 5 nitrogen and oxygen atoms in total. The van der Waals surface area contributed by atoms with Gasteiger partial charge in [0.1, 0.15) is 0 Å². The maximum absolute atomic E-state index is 12.4. The van der Waals surface area contributed by atoms with Crippen molar-refractivity contribution in [2.45, 2.75) is 0 Å². The van der Waals surface area contributed by atoms with Crippen LogP contribution >= 0.6 is 0 Å². The maximum Gasteiger partial charge on any atom is 0.255 e. The summed E-state index contributed by atoms with van der Waals surface area (Å²) in [6.45, 7) is 0. The lowest BCUT2D eigenvalue weighted by Crippen LogP contribution is -2.12. The minimum absolute atomic E-state index is 0.132. The number of rotatable bonds is 2. The molecule has 0 radical (unpaired) electrons. The Labute approximate surface area is 120 Å². The lowest BCUT2D eigenvalue weighted by molar-refractivity contribution is 0.102. The second kappa shape index (κ2) is 4.49. The van der Waals surface area contributed by atoms with E-state index in [0.29, 0.717) is 5.56 Å². The highest BCUT2D eigenvalue weighted by Gasteiger charge is 2.09. The van der Waals surface area contributed by atoms with Gasteiger partial charge in [0.15, 0.2) is 0 Å². The Morgan fingerprint density at radius 2 is 2.19 bits per heavy atom. The molecule has 4 aromatic rings.